The number of fused-ring (bicyclic) bond motifs is 1. The minimum absolute atomic E-state index is 0. The molecule has 4 aromatic rings. The zero-order valence-corrected chi connectivity index (χ0v) is 16.6. The fraction of sp³-hybridized carbons (Fsp3) is 0.190. The summed E-state index contributed by atoms with van der Waals surface area (Å²) in [5.74, 6) is 0. The molecule has 0 radical (unpaired) electrons. The molecule has 0 atom stereocenters. The summed E-state index contributed by atoms with van der Waals surface area (Å²) in [6.45, 7) is 1.29. The third kappa shape index (κ3) is 3.83. The van der Waals surface area contributed by atoms with Gasteiger partial charge < -0.3 is 4.90 Å². The molecule has 0 aliphatic heterocycles. The number of pyridine rings is 1. The topological polar surface area (TPSA) is 55.4 Å². The van der Waals surface area contributed by atoms with Crippen LogP contribution in [-0.4, -0.2) is 44.9 Å². The first kappa shape index (κ1) is 19.8. The second kappa shape index (κ2) is 8.37. The highest BCUT2D eigenvalue weighted by Crippen LogP contribution is 2.33. The summed E-state index contributed by atoms with van der Waals surface area (Å²) < 4.78 is 3.38. The van der Waals surface area contributed by atoms with Crippen LogP contribution in [0.4, 0.5) is 0 Å². The Morgan fingerprint density at radius 2 is 1.68 bits per heavy atom. The molecule has 7 heteroatoms. The Hall–Kier alpha value is -2.96. The highest BCUT2D eigenvalue weighted by atomic mass is 35.5. The van der Waals surface area contributed by atoms with E-state index in [1.54, 1.807) is 12.1 Å². The van der Waals surface area contributed by atoms with Crippen LogP contribution in [0.1, 0.15) is 0 Å². The SMILES string of the molecule is CN(C)CCn1nc(-c2c(-c3ccccc3)nn3ccccc23)ccc1=O.Cl. The maximum absolute atomic E-state index is 12.2. The molecule has 0 unspecified atom stereocenters. The number of nitrogens with zero attached hydrogens (tertiary/aromatic N) is 5. The van der Waals surface area contributed by atoms with Crippen LogP contribution in [-0.2, 0) is 6.54 Å². The number of hydrogen-bond donors (Lipinski definition) is 0. The largest absolute Gasteiger partial charge is 0.308 e. The Kier molecular flexibility index (Phi) is 5.92. The van der Waals surface area contributed by atoms with Crippen LogP contribution in [0, 0.1) is 0 Å². The van der Waals surface area contributed by atoms with E-state index in [0.717, 1.165) is 34.6 Å². The monoisotopic (exact) mass is 395 g/mol. The van der Waals surface area contributed by atoms with Gasteiger partial charge in [-0.25, -0.2) is 9.20 Å². The molecule has 4 rings (SSSR count). The fourth-order valence-electron chi connectivity index (χ4n) is 3.09. The predicted molar refractivity (Wildman–Crippen MR) is 114 cm³/mol. The molecular weight excluding hydrogens is 374 g/mol. The zero-order valence-electron chi connectivity index (χ0n) is 15.8. The maximum atomic E-state index is 12.2. The molecule has 3 aromatic heterocycles. The first-order chi connectivity index (χ1) is 13.1. The third-order valence-corrected chi connectivity index (χ3v) is 4.47. The van der Waals surface area contributed by atoms with E-state index in [1.165, 1.54) is 4.68 Å². The van der Waals surface area contributed by atoms with Gasteiger partial charge >= 0.3 is 0 Å². The predicted octanol–water partition coefficient (Wildman–Crippen LogP) is 3.21. The molecule has 0 spiro atoms. The molecule has 0 aliphatic rings. The van der Waals surface area contributed by atoms with Crippen molar-refractivity contribution in [2.24, 2.45) is 0 Å². The van der Waals surface area contributed by atoms with Crippen molar-refractivity contribution in [2.45, 2.75) is 6.54 Å². The van der Waals surface area contributed by atoms with Crippen molar-refractivity contribution in [1.82, 2.24) is 24.3 Å². The number of aromatic nitrogens is 4. The van der Waals surface area contributed by atoms with Gasteiger partial charge in [0.1, 0.15) is 5.69 Å². The Morgan fingerprint density at radius 3 is 2.43 bits per heavy atom. The van der Waals surface area contributed by atoms with E-state index in [4.69, 9.17) is 5.10 Å². The van der Waals surface area contributed by atoms with Gasteiger partial charge in [0.15, 0.2) is 0 Å². The van der Waals surface area contributed by atoms with Crippen molar-refractivity contribution in [1.29, 1.82) is 0 Å². The molecule has 28 heavy (non-hydrogen) atoms. The van der Waals surface area contributed by atoms with Gasteiger partial charge in [-0.3, -0.25) is 4.79 Å². The zero-order chi connectivity index (χ0) is 18.8. The smallest absolute Gasteiger partial charge is 0.266 e. The molecule has 0 amide bonds. The number of halogens is 1. The van der Waals surface area contributed by atoms with E-state index in [0.29, 0.717) is 6.54 Å². The standard InChI is InChI=1S/C21H21N5O.ClH/c1-24(2)14-15-26-19(27)12-11-17(22-26)20-18-10-6-7-13-25(18)23-21(20)16-8-4-3-5-9-16;/h3-13H,14-15H2,1-2H3;1H. The van der Waals surface area contributed by atoms with Crippen molar-refractivity contribution in [3.63, 3.8) is 0 Å². The molecule has 0 fully saturated rings. The Morgan fingerprint density at radius 1 is 0.929 bits per heavy atom. The number of benzene rings is 1. The summed E-state index contributed by atoms with van der Waals surface area (Å²) in [7, 11) is 3.96. The van der Waals surface area contributed by atoms with Crippen LogP contribution in [0.15, 0.2) is 71.7 Å². The lowest BCUT2D eigenvalue weighted by Crippen LogP contribution is -2.28. The van der Waals surface area contributed by atoms with E-state index in [9.17, 15) is 4.79 Å². The molecule has 144 valence electrons. The second-order valence-corrected chi connectivity index (χ2v) is 6.70. The van der Waals surface area contributed by atoms with Crippen molar-refractivity contribution in [3.8, 4) is 22.5 Å². The van der Waals surface area contributed by atoms with Gasteiger partial charge in [0.2, 0.25) is 0 Å². The molecule has 1 aromatic carbocycles. The summed E-state index contributed by atoms with van der Waals surface area (Å²) in [4.78, 5) is 14.3. The van der Waals surface area contributed by atoms with E-state index in [2.05, 4.69) is 5.10 Å². The highest BCUT2D eigenvalue weighted by Gasteiger charge is 2.18. The third-order valence-electron chi connectivity index (χ3n) is 4.47. The van der Waals surface area contributed by atoms with Crippen LogP contribution in [0.25, 0.3) is 28.0 Å². The lowest BCUT2D eigenvalue weighted by Gasteiger charge is -2.11. The lowest BCUT2D eigenvalue weighted by atomic mass is 10.0. The van der Waals surface area contributed by atoms with E-state index < -0.39 is 0 Å². The van der Waals surface area contributed by atoms with Gasteiger partial charge in [0.05, 0.1) is 23.3 Å². The van der Waals surface area contributed by atoms with Crippen molar-refractivity contribution < 1.29 is 0 Å². The number of hydrogen-bond acceptors (Lipinski definition) is 4. The van der Waals surface area contributed by atoms with E-state index >= 15 is 0 Å². The number of rotatable bonds is 5. The molecule has 6 nitrogen and oxygen atoms in total. The number of likely N-dealkylation sites (N-methyl/N-ethyl adjacent to an activating group) is 1. The second-order valence-electron chi connectivity index (χ2n) is 6.70. The average Bonchev–Trinajstić information content (AvgIpc) is 3.07. The van der Waals surface area contributed by atoms with E-state index in [1.807, 2.05) is 78.2 Å². The maximum Gasteiger partial charge on any atom is 0.266 e. The Balaban J connectivity index is 0.00000225. The summed E-state index contributed by atoms with van der Waals surface area (Å²) in [5, 5.41) is 9.41. The molecule has 0 aliphatic carbocycles. The van der Waals surface area contributed by atoms with Gasteiger partial charge in [-0.15, -0.1) is 12.4 Å². The van der Waals surface area contributed by atoms with Crippen LogP contribution in [0.2, 0.25) is 0 Å². The average molecular weight is 396 g/mol. The molecule has 0 saturated heterocycles. The van der Waals surface area contributed by atoms with Crippen LogP contribution in [0.3, 0.4) is 0 Å². The minimum atomic E-state index is -0.0988. The summed E-state index contributed by atoms with van der Waals surface area (Å²) in [6, 6.07) is 19.4. The van der Waals surface area contributed by atoms with Crippen molar-refractivity contribution in [3.05, 3.63) is 77.2 Å². The molecule has 3 heterocycles. The minimum Gasteiger partial charge on any atom is -0.308 e. The Bertz CT molecular complexity index is 1130. The van der Waals surface area contributed by atoms with E-state index in [-0.39, 0.29) is 18.0 Å². The molecular formula is C21H22ClN5O. The van der Waals surface area contributed by atoms with Crippen LogP contribution in [0.5, 0.6) is 0 Å². The van der Waals surface area contributed by atoms with Crippen molar-refractivity contribution in [2.75, 3.05) is 20.6 Å². The van der Waals surface area contributed by atoms with Gasteiger partial charge in [0.25, 0.3) is 5.56 Å². The summed E-state index contributed by atoms with van der Waals surface area (Å²) in [6.07, 6.45) is 1.92. The first-order valence-electron chi connectivity index (χ1n) is 8.89. The Labute approximate surface area is 169 Å². The normalized spacial score (nSPS) is 11.0. The van der Waals surface area contributed by atoms with Crippen molar-refractivity contribution >= 4 is 17.9 Å². The highest BCUT2D eigenvalue weighted by molar-refractivity contribution is 5.90. The first-order valence-corrected chi connectivity index (χ1v) is 8.89. The van der Waals surface area contributed by atoms with Gasteiger partial charge in [-0.2, -0.15) is 10.2 Å². The molecule has 0 bridgehead atoms. The van der Waals surface area contributed by atoms with Crippen LogP contribution < -0.4 is 5.56 Å². The van der Waals surface area contributed by atoms with Gasteiger partial charge in [-0.05, 0) is 32.3 Å². The summed E-state index contributed by atoms with van der Waals surface area (Å²) >= 11 is 0. The fourth-order valence-corrected chi connectivity index (χ4v) is 3.09. The lowest BCUT2D eigenvalue weighted by molar-refractivity contribution is 0.368. The van der Waals surface area contributed by atoms with Gasteiger partial charge in [-0.1, -0.05) is 36.4 Å². The molecule has 0 N–H and O–H groups in total. The summed E-state index contributed by atoms with van der Waals surface area (Å²) in [5.41, 5.74) is 4.41. The van der Waals surface area contributed by atoms with Crippen LogP contribution >= 0.6 is 12.4 Å². The van der Waals surface area contributed by atoms with Gasteiger partial charge in [0, 0.05) is 24.4 Å². The molecule has 0 saturated carbocycles. The quantitative estimate of drug-likeness (QED) is 0.520.